The first-order chi connectivity index (χ1) is 7.77. The number of carbonyl (C=O) groups is 1. The van der Waals surface area contributed by atoms with E-state index in [4.69, 9.17) is 0 Å². The first-order valence-electron chi connectivity index (χ1n) is 5.26. The maximum absolute atomic E-state index is 11.3. The molecule has 1 N–H and O–H groups in total. The van der Waals surface area contributed by atoms with E-state index in [-0.39, 0.29) is 5.97 Å². The van der Waals surface area contributed by atoms with E-state index in [1.54, 1.807) is 6.08 Å². The van der Waals surface area contributed by atoms with E-state index >= 15 is 0 Å². The summed E-state index contributed by atoms with van der Waals surface area (Å²) in [5, 5.41) is 3.20. The van der Waals surface area contributed by atoms with Crippen LogP contribution >= 0.6 is 0 Å². The van der Waals surface area contributed by atoms with Crippen LogP contribution in [-0.2, 0) is 16.1 Å². The van der Waals surface area contributed by atoms with E-state index in [0.29, 0.717) is 12.1 Å². The third kappa shape index (κ3) is 3.87. The van der Waals surface area contributed by atoms with Gasteiger partial charge in [-0.05, 0) is 12.5 Å². The Bertz CT molecular complexity index is 357. The highest BCUT2D eigenvalue weighted by atomic mass is 16.5. The van der Waals surface area contributed by atoms with Crippen LogP contribution in [0.2, 0.25) is 0 Å². The summed E-state index contributed by atoms with van der Waals surface area (Å²) >= 11 is 0. The van der Waals surface area contributed by atoms with Crippen LogP contribution in [0.3, 0.4) is 0 Å². The fourth-order valence-electron chi connectivity index (χ4n) is 1.36. The highest BCUT2D eigenvalue weighted by Gasteiger charge is 2.06. The minimum Gasteiger partial charge on any atom is -0.466 e. The molecule has 0 bridgehead atoms. The van der Waals surface area contributed by atoms with E-state index in [9.17, 15) is 4.79 Å². The van der Waals surface area contributed by atoms with Gasteiger partial charge in [-0.25, -0.2) is 4.79 Å². The highest BCUT2D eigenvalue weighted by molar-refractivity contribution is 5.88. The maximum atomic E-state index is 11.3. The van der Waals surface area contributed by atoms with Crippen LogP contribution in [0, 0.1) is 0 Å². The molecule has 0 amide bonds. The van der Waals surface area contributed by atoms with E-state index in [0.717, 1.165) is 6.54 Å². The second-order valence-electron chi connectivity index (χ2n) is 3.39. The van der Waals surface area contributed by atoms with Crippen LogP contribution in [0.15, 0.2) is 42.0 Å². The zero-order valence-corrected chi connectivity index (χ0v) is 9.69. The molecule has 16 heavy (non-hydrogen) atoms. The van der Waals surface area contributed by atoms with Crippen molar-refractivity contribution in [3.05, 3.63) is 47.5 Å². The highest BCUT2D eigenvalue weighted by Crippen LogP contribution is 1.99. The zero-order chi connectivity index (χ0) is 11.8. The smallest absolute Gasteiger partial charge is 0.334 e. The number of carbonyl (C=O) groups excluding carboxylic acids is 1. The Hall–Kier alpha value is -1.61. The molecule has 0 saturated heterocycles. The molecule has 1 aromatic rings. The molecule has 0 saturated carbocycles. The Morgan fingerprint density at radius 3 is 2.62 bits per heavy atom. The van der Waals surface area contributed by atoms with Gasteiger partial charge in [-0.15, -0.1) is 0 Å². The van der Waals surface area contributed by atoms with Gasteiger partial charge < -0.3 is 10.1 Å². The largest absolute Gasteiger partial charge is 0.466 e. The molecule has 0 aromatic heterocycles. The third-order valence-electron chi connectivity index (χ3n) is 2.28. The van der Waals surface area contributed by atoms with Gasteiger partial charge in [0.25, 0.3) is 0 Å². The van der Waals surface area contributed by atoms with Crippen molar-refractivity contribution in [2.75, 3.05) is 13.7 Å². The number of nitrogens with one attached hydrogen (secondary N) is 1. The van der Waals surface area contributed by atoms with Crippen LogP contribution in [0.5, 0.6) is 0 Å². The maximum Gasteiger partial charge on any atom is 0.334 e. The minimum absolute atomic E-state index is 0.275. The summed E-state index contributed by atoms with van der Waals surface area (Å²) < 4.78 is 4.66. The summed E-state index contributed by atoms with van der Waals surface area (Å²) in [6, 6.07) is 10.1. The lowest BCUT2D eigenvalue weighted by Gasteiger charge is -2.07. The van der Waals surface area contributed by atoms with E-state index in [1.165, 1.54) is 12.7 Å². The van der Waals surface area contributed by atoms with Gasteiger partial charge in [0.2, 0.25) is 0 Å². The SMILES string of the molecule is C/C=C(\CNCc1ccccc1)C(=O)OC. The summed E-state index contributed by atoms with van der Waals surface area (Å²) in [4.78, 5) is 11.3. The van der Waals surface area contributed by atoms with Crippen LogP contribution < -0.4 is 5.32 Å². The van der Waals surface area contributed by atoms with Crippen molar-refractivity contribution in [1.29, 1.82) is 0 Å². The fraction of sp³-hybridized carbons (Fsp3) is 0.308. The first-order valence-corrected chi connectivity index (χ1v) is 5.26. The monoisotopic (exact) mass is 219 g/mol. The molecule has 0 unspecified atom stereocenters. The van der Waals surface area contributed by atoms with E-state index < -0.39 is 0 Å². The number of esters is 1. The average Bonchev–Trinajstić information content (AvgIpc) is 2.35. The van der Waals surface area contributed by atoms with Gasteiger partial charge >= 0.3 is 5.97 Å². The van der Waals surface area contributed by atoms with Gasteiger partial charge in [0.05, 0.1) is 7.11 Å². The molecule has 86 valence electrons. The van der Waals surface area contributed by atoms with Crippen molar-refractivity contribution in [2.45, 2.75) is 13.5 Å². The summed E-state index contributed by atoms with van der Waals surface area (Å²) in [5.41, 5.74) is 1.85. The number of hydrogen-bond acceptors (Lipinski definition) is 3. The number of allylic oxidation sites excluding steroid dienone is 1. The Morgan fingerprint density at radius 2 is 2.06 bits per heavy atom. The van der Waals surface area contributed by atoms with Gasteiger partial charge in [-0.3, -0.25) is 0 Å². The van der Waals surface area contributed by atoms with Gasteiger partial charge in [0, 0.05) is 18.7 Å². The summed E-state index contributed by atoms with van der Waals surface area (Å²) in [6.45, 7) is 3.10. The molecule has 0 spiro atoms. The second kappa shape index (κ2) is 6.80. The first kappa shape index (κ1) is 12.5. The predicted molar refractivity (Wildman–Crippen MR) is 63.9 cm³/mol. The number of benzene rings is 1. The Labute approximate surface area is 96.1 Å². The van der Waals surface area contributed by atoms with Gasteiger partial charge in [-0.1, -0.05) is 36.4 Å². The Kier molecular flexibility index (Phi) is 5.29. The molecular weight excluding hydrogens is 202 g/mol. The van der Waals surface area contributed by atoms with Crippen LogP contribution in [-0.4, -0.2) is 19.6 Å². The lowest BCUT2D eigenvalue weighted by Crippen LogP contribution is -2.21. The molecule has 0 fully saturated rings. The quantitative estimate of drug-likeness (QED) is 0.607. The van der Waals surface area contributed by atoms with E-state index in [1.807, 2.05) is 37.3 Å². The number of methoxy groups -OCH3 is 1. The third-order valence-corrected chi connectivity index (χ3v) is 2.28. The van der Waals surface area contributed by atoms with Crippen molar-refractivity contribution in [3.8, 4) is 0 Å². The minimum atomic E-state index is -0.275. The van der Waals surface area contributed by atoms with E-state index in [2.05, 4.69) is 10.1 Å². The van der Waals surface area contributed by atoms with Crippen molar-refractivity contribution in [1.82, 2.24) is 5.32 Å². The van der Waals surface area contributed by atoms with Crippen molar-refractivity contribution in [3.63, 3.8) is 0 Å². The number of ether oxygens (including phenoxy) is 1. The van der Waals surface area contributed by atoms with Crippen molar-refractivity contribution < 1.29 is 9.53 Å². The molecular formula is C13H17NO2. The van der Waals surface area contributed by atoms with Gasteiger partial charge in [0.1, 0.15) is 0 Å². The molecule has 0 aliphatic rings. The number of hydrogen-bond donors (Lipinski definition) is 1. The second-order valence-corrected chi connectivity index (χ2v) is 3.39. The lowest BCUT2D eigenvalue weighted by molar-refractivity contribution is -0.136. The van der Waals surface area contributed by atoms with Crippen LogP contribution in [0.1, 0.15) is 12.5 Å². The average molecular weight is 219 g/mol. The standard InChI is InChI=1S/C13H17NO2/c1-3-12(13(15)16-2)10-14-9-11-7-5-4-6-8-11/h3-8,14H,9-10H2,1-2H3/b12-3+. The Morgan fingerprint density at radius 1 is 1.38 bits per heavy atom. The molecule has 0 heterocycles. The van der Waals surface area contributed by atoms with Crippen molar-refractivity contribution >= 4 is 5.97 Å². The van der Waals surface area contributed by atoms with Crippen molar-refractivity contribution in [2.24, 2.45) is 0 Å². The molecule has 1 aromatic carbocycles. The molecule has 0 aliphatic heterocycles. The zero-order valence-electron chi connectivity index (χ0n) is 9.69. The molecule has 3 heteroatoms. The molecule has 3 nitrogen and oxygen atoms in total. The summed E-state index contributed by atoms with van der Waals surface area (Å²) in [6.07, 6.45) is 1.77. The molecule has 0 atom stereocenters. The number of rotatable bonds is 5. The van der Waals surface area contributed by atoms with Gasteiger partial charge in [0.15, 0.2) is 0 Å². The topological polar surface area (TPSA) is 38.3 Å². The molecule has 0 aliphatic carbocycles. The normalized spacial score (nSPS) is 11.2. The Balaban J connectivity index is 2.38. The molecule has 0 radical (unpaired) electrons. The summed E-state index contributed by atoms with van der Waals surface area (Å²) in [5.74, 6) is -0.275. The molecule has 1 rings (SSSR count). The lowest BCUT2D eigenvalue weighted by atomic mass is 10.2. The van der Waals surface area contributed by atoms with Crippen LogP contribution in [0.4, 0.5) is 0 Å². The summed E-state index contributed by atoms with van der Waals surface area (Å²) in [7, 11) is 1.39. The van der Waals surface area contributed by atoms with Gasteiger partial charge in [-0.2, -0.15) is 0 Å². The predicted octanol–water partition coefficient (Wildman–Crippen LogP) is 1.90. The van der Waals surface area contributed by atoms with Crippen LogP contribution in [0.25, 0.3) is 0 Å². The fourth-order valence-corrected chi connectivity index (χ4v) is 1.36.